The molecule has 0 heterocycles. The molecule has 12 rings (SSSR count). The lowest BCUT2D eigenvalue weighted by Gasteiger charge is -2.23. The molecule has 72 heavy (non-hydrogen) atoms. The molecule has 0 amide bonds. The van der Waals surface area contributed by atoms with Gasteiger partial charge in [0.25, 0.3) is 0 Å². The fourth-order valence-electron chi connectivity index (χ4n) is 10.5. The summed E-state index contributed by atoms with van der Waals surface area (Å²) in [4.78, 5) is 10.9. The molecule has 2 unspecified atom stereocenters. The molecule has 342 valence electrons. The molecule has 2 N–H and O–H groups in total. The fourth-order valence-corrected chi connectivity index (χ4v) is 10.5. The van der Waals surface area contributed by atoms with Crippen LogP contribution in [0, 0.1) is 0 Å². The summed E-state index contributed by atoms with van der Waals surface area (Å²) in [5.41, 5.74) is 10.7. The summed E-state index contributed by atoms with van der Waals surface area (Å²) in [5.74, 6) is 0.295. The van der Waals surface area contributed by atoms with Crippen molar-refractivity contribution >= 4 is 55.5 Å². The van der Waals surface area contributed by atoms with Gasteiger partial charge in [-0.15, -0.1) is 0 Å². The van der Waals surface area contributed by atoms with Crippen LogP contribution in [0.2, 0.25) is 0 Å². The summed E-state index contributed by atoms with van der Waals surface area (Å²) >= 11 is 0. The number of fused-ring (bicyclic) bond motifs is 4. The predicted octanol–water partition coefficient (Wildman–Crippen LogP) is 17.4. The van der Waals surface area contributed by atoms with E-state index < -0.39 is 12.1 Å². The smallest absolute Gasteiger partial charge is 0.132 e. The monoisotopic (exact) mass is 924 g/mol. The Labute approximate surface area is 418 Å². The minimum Gasteiger partial charge on any atom is -0.507 e. The first-order valence-corrected chi connectivity index (χ1v) is 24.4. The number of rotatable bonds is 11. The molecule has 0 aliphatic carbocycles. The van der Waals surface area contributed by atoms with Gasteiger partial charge in [-0.3, -0.25) is 9.98 Å². The van der Waals surface area contributed by atoms with Gasteiger partial charge < -0.3 is 10.2 Å². The minimum absolute atomic E-state index is 0.148. The molecule has 0 aromatic heterocycles. The van der Waals surface area contributed by atoms with Gasteiger partial charge in [0.2, 0.25) is 0 Å². The highest BCUT2D eigenvalue weighted by atomic mass is 16.3. The first-order chi connectivity index (χ1) is 35.6. The topological polar surface area (TPSA) is 65.2 Å². The van der Waals surface area contributed by atoms with Crippen molar-refractivity contribution < 1.29 is 10.2 Å². The average molecular weight is 925 g/mol. The maximum absolute atomic E-state index is 12.8. The van der Waals surface area contributed by atoms with Gasteiger partial charge in [-0.25, -0.2) is 0 Å². The van der Waals surface area contributed by atoms with E-state index in [0.717, 1.165) is 98.7 Å². The lowest BCUT2D eigenvalue weighted by Crippen LogP contribution is -2.09. The number of aromatic hydroxyl groups is 2. The summed E-state index contributed by atoms with van der Waals surface area (Å²) in [6.45, 7) is 0. The van der Waals surface area contributed by atoms with Crippen molar-refractivity contribution in [3.8, 4) is 56.0 Å². The Morgan fingerprint density at radius 3 is 0.972 bits per heavy atom. The molecular weight excluding hydrogens is 877 g/mol. The van der Waals surface area contributed by atoms with Crippen molar-refractivity contribution in [3.63, 3.8) is 0 Å². The SMILES string of the molecule is Oc1c(C=NC(c2ccccc2)C(N=Cc2cc3ccccc3c(-c3c(-c4ccccc4)ccc4ccccc34)c2O)c2ccccc2)cc2ccccc2c1-c1c(-c2ccccc2)ccc2ccccc12. The van der Waals surface area contributed by atoms with E-state index in [1.807, 2.05) is 97.4 Å². The van der Waals surface area contributed by atoms with Gasteiger partial charge in [-0.05, 0) is 88.6 Å². The number of phenols is 2. The molecule has 4 nitrogen and oxygen atoms in total. The van der Waals surface area contributed by atoms with E-state index >= 15 is 0 Å². The molecule has 0 bridgehead atoms. The second kappa shape index (κ2) is 19.2. The number of hydrogen-bond acceptors (Lipinski definition) is 4. The first kappa shape index (κ1) is 43.9. The lowest BCUT2D eigenvalue weighted by molar-refractivity contribution is 0.476. The molecule has 0 aliphatic heterocycles. The highest BCUT2D eigenvalue weighted by molar-refractivity contribution is 6.16. The molecule has 0 saturated heterocycles. The normalized spacial score (nSPS) is 12.6. The molecule has 0 saturated carbocycles. The van der Waals surface area contributed by atoms with E-state index in [-0.39, 0.29) is 11.5 Å². The summed E-state index contributed by atoms with van der Waals surface area (Å²) in [7, 11) is 0. The van der Waals surface area contributed by atoms with E-state index in [1.165, 1.54) is 0 Å². The van der Waals surface area contributed by atoms with Gasteiger partial charge in [0, 0.05) is 45.8 Å². The second-order valence-electron chi connectivity index (χ2n) is 18.2. The van der Waals surface area contributed by atoms with Crippen LogP contribution in [0.1, 0.15) is 34.3 Å². The van der Waals surface area contributed by atoms with Crippen molar-refractivity contribution in [2.75, 3.05) is 0 Å². The predicted molar refractivity (Wildman–Crippen MR) is 302 cm³/mol. The third-order valence-corrected chi connectivity index (χ3v) is 14.0. The minimum atomic E-state index is -0.540. The quantitative estimate of drug-likeness (QED) is 0.127. The second-order valence-corrected chi connectivity index (χ2v) is 18.2. The molecule has 12 aromatic rings. The van der Waals surface area contributed by atoms with Crippen molar-refractivity contribution in [1.82, 2.24) is 0 Å². The van der Waals surface area contributed by atoms with Gasteiger partial charge >= 0.3 is 0 Å². The Hall–Kier alpha value is -9.38. The number of nitrogens with zero attached hydrogens (tertiary/aromatic N) is 2. The Bertz CT molecular complexity index is 3740. The maximum atomic E-state index is 12.8. The largest absolute Gasteiger partial charge is 0.507 e. The van der Waals surface area contributed by atoms with Crippen molar-refractivity contribution in [2.45, 2.75) is 12.1 Å². The van der Waals surface area contributed by atoms with Crippen molar-refractivity contribution in [2.24, 2.45) is 9.98 Å². The zero-order valence-electron chi connectivity index (χ0n) is 39.3. The summed E-state index contributed by atoms with van der Waals surface area (Å²) in [6.07, 6.45) is 3.64. The standard InChI is InChI=1S/C68H48N2O2/c71-67-53(41-51-31-15-19-35-57(51)63(67)61-55-33-17-13-25-47(55)37-39-59(61)45-21-5-1-6-22-45)43-69-65(49-27-9-3-10-28-49)66(50-29-11-4-12-30-50)70-44-54-42-52-32-16-20-36-58(52)64(68(54)72)62-56-34-18-14-26-48(56)38-40-60(62)46-23-7-2-8-24-46/h1-44,65-66,71-72H. The lowest BCUT2D eigenvalue weighted by atomic mass is 9.86. The van der Waals surface area contributed by atoms with Crippen LogP contribution in [0.15, 0.2) is 265 Å². The molecule has 0 spiro atoms. The van der Waals surface area contributed by atoms with Crippen LogP contribution in [-0.2, 0) is 0 Å². The molecular formula is C68H48N2O2. The van der Waals surface area contributed by atoms with Gasteiger partial charge in [0.05, 0.1) is 0 Å². The maximum Gasteiger partial charge on any atom is 0.132 e. The van der Waals surface area contributed by atoms with Crippen LogP contribution >= 0.6 is 0 Å². The molecule has 4 heteroatoms. The van der Waals surface area contributed by atoms with Gasteiger partial charge in [0.1, 0.15) is 23.6 Å². The Balaban J connectivity index is 1.04. The molecule has 0 fully saturated rings. The molecule has 0 aliphatic rings. The average Bonchev–Trinajstić information content (AvgIpc) is 3.44. The van der Waals surface area contributed by atoms with E-state index in [9.17, 15) is 10.2 Å². The number of aliphatic imine (C=N–C) groups is 2. The number of hydrogen-bond donors (Lipinski definition) is 2. The van der Waals surface area contributed by atoms with Crippen molar-refractivity contribution in [3.05, 3.63) is 277 Å². The van der Waals surface area contributed by atoms with E-state index in [0.29, 0.717) is 11.1 Å². The highest BCUT2D eigenvalue weighted by Crippen LogP contribution is 2.49. The van der Waals surface area contributed by atoms with Crippen LogP contribution in [0.5, 0.6) is 11.5 Å². The number of phenolic OH excluding ortho intramolecular Hbond substituents is 2. The van der Waals surface area contributed by atoms with Gasteiger partial charge in [-0.1, -0.05) is 243 Å². The van der Waals surface area contributed by atoms with E-state index in [2.05, 4.69) is 170 Å². The highest BCUT2D eigenvalue weighted by Gasteiger charge is 2.26. The Morgan fingerprint density at radius 1 is 0.292 bits per heavy atom. The summed E-state index contributed by atoms with van der Waals surface area (Å²) in [6, 6.07) is 86.1. The van der Waals surface area contributed by atoms with Gasteiger partial charge in [0.15, 0.2) is 0 Å². The first-order valence-electron chi connectivity index (χ1n) is 24.4. The zero-order chi connectivity index (χ0) is 48.4. The third-order valence-electron chi connectivity index (χ3n) is 14.0. The number of benzene rings is 12. The Morgan fingerprint density at radius 2 is 0.597 bits per heavy atom. The zero-order valence-corrected chi connectivity index (χ0v) is 39.3. The molecule has 12 aromatic carbocycles. The van der Waals surface area contributed by atoms with Crippen molar-refractivity contribution in [1.29, 1.82) is 0 Å². The Kier molecular flexibility index (Phi) is 11.7. The molecule has 0 radical (unpaired) electrons. The third kappa shape index (κ3) is 8.15. The van der Waals surface area contributed by atoms with Crippen LogP contribution in [0.3, 0.4) is 0 Å². The van der Waals surface area contributed by atoms with E-state index in [1.54, 1.807) is 0 Å². The van der Waals surface area contributed by atoms with Crippen LogP contribution in [0.4, 0.5) is 0 Å². The van der Waals surface area contributed by atoms with Gasteiger partial charge in [-0.2, -0.15) is 0 Å². The van der Waals surface area contributed by atoms with Crippen LogP contribution in [0.25, 0.3) is 87.6 Å². The van der Waals surface area contributed by atoms with Crippen LogP contribution in [-0.4, -0.2) is 22.6 Å². The fraction of sp³-hybridized carbons (Fsp3) is 0.0294. The van der Waals surface area contributed by atoms with E-state index in [4.69, 9.17) is 9.98 Å². The summed E-state index contributed by atoms with van der Waals surface area (Å²) < 4.78 is 0. The molecule has 2 atom stereocenters. The van der Waals surface area contributed by atoms with Crippen LogP contribution < -0.4 is 0 Å². The summed E-state index contributed by atoms with van der Waals surface area (Å²) in [5, 5.41) is 33.7.